The van der Waals surface area contributed by atoms with Gasteiger partial charge in [0.1, 0.15) is 6.33 Å². The molecule has 0 atom stereocenters. The van der Waals surface area contributed by atoms with E-state index >= 15 is 0 Å². The second-order valence-corrected chi connectivity index (χ2v) is 3.11. The molecule has 7 nitrogen and oxygen atoms in total. The number of aromatic nitrogens is 5. The Morgan fingerprint density at radius 2 is 2.25 bits per heavy atom. The Balaban J connectivity index is 2.40. The zero-order valence-corrected chi connectivity index (χ0v) is 9.08. The van der Waals surface area contributed by atoms with Crippen LogP contribution in [0.5, 0.6) is 6.01 Å². The Kier molecular flexibility index (Phi) is 2.67. The third kappa shape index (κ3) is 1.92. The first-order valence-electron chi connectivity index (χ1n) is 4.85. The summed E-state index contributed by atoms with van der Waals surface area (Å²) in [7, 11) is 0. The lowest BCUT2D eigenvalue weighted by molar-refractivity contribution is 0.312. The summed E-state index contributed by atoms with van der Waals surface area (Å²) in [5.41, 5.74) is 6.53. The first kappa shape index (κ1) is 10.3. The van der Waals surface area contributed by atoms with Gasteiger partial charge in [-0.2, -0.15) is 9.67 Å². The number of nitrogens with zero attached hydrogens (tertiary/aromatic N) is 5. The molecule has 16 heavy (non-hydrogen) atoms. The van der Waals surface area contributed by atoms with Crippen molar-refractivity contribution in [3.63, 3.8) is 0 Å². The summed E-state index contributed by atoms with van der Waals surface area (Å²) in [5, 5.41) is 4.08. The molecule has 0 aromatic carbocycles. The predicted octanol–water partition coefficient (Wildman–Crippen LogP) is 0.347. The quantitative estimate of drug-likeness (QED) is 0.802. The molecule has 2 aromatic rings. The fourth-order valence-corrected chi connectivity index (χ4v) is 1.22. The van der Waals surface area contributed by atoms with Crippen LogP contribution in [0.15, 0.2) is 12.4 Å². The molecule has 0 aliphatic carbocycles. The minimum Gasteiger partial charge on any atom is -0.463 e. The van der Waals surface area contributed by atoms with Gasteiger partial charge in [-0.05, 0) is 13.8 Å². The molecule has 2 aromatic heterocycles. The normalized spacial score (nSPS) is 10.4. The van der Waals surface area contributed by atoms with E-state index in [-0.39, 0.29) is 12.0 Å². The van der Waals surface area contributed by atoms with Crippen LogP contribution in [0, 0.1) is 6.92 Å². The van der Waals surface area contributed by atoms with Gasteiger partial charge in [-0.15, -0.1) is 5.10 Å². The number of aryl methyl sites for hydroxylation is 1. The van der Waals surface area contributed by atoms with Crippen molar-refractivity contribution in [2.75, 3.05) is 12.3 Å². The molecular weight excluding hydrogens is 208 g/mol. The molecule has 0 spiro atoms. The van der Waals surface area contributed by atoms with E-state index in [4.69, 9.17) is 10.5 Å². The maximum Gasteiger partial charge on any atom is 0.337 e. The molecule has 0 saturated heterocycles. The minimum absolute atomic E-state index is 0.238. The Morgan fingerprint density at radius 1 is 1.44 bits per heavy atom. The van der Waals surface area contributed by atoms with Crippen LogP contribution in [0.25, 0.3) is 5.82 Å². The van der Waals surface area contributed by atoms with E-state index < -0.39 is 0 Å². The summed E-state index contributed by atoms with van der Waals surface area (Å²) >= 11 is 0. The SMILES string of the molecule is CCOc1nc(N)n(-c2cc(C)ncn2)n1. The lowest BCUT2D eigenvalue weighted by Crippen LogP contribution is -2.05. The molecule has 0 aliphatic rings. The lowest BCUT2D eigenvalue weighted by atomic mass is 10.4. The number of hydrogen-bond acceptors (Lipinski definition) is 6. The van der Waals surface area contributed by atoms with Crippen LogP contribution < -0.4 is 10.5 Å². The Morgan fingerprint density at radius 3 is 2.94 bits per heavy atom. The summed E-state index contributed by atoms with van der Waals surface area (Å²) in [4.78, 5) is 12.0. The number of anilines is 1. The van der Waals surface area contributed by atoms with Crippen molar-refractivity contribution in [3.05, 3.63) is 18.1 Å². The van der Waals surface area contributed by atoms with Gasteiger partial charge in [0, 0.05) is 11.8 Å². The van der Waals surface area contributed by atoms with Crippen LogP contribution in [-0.2, 0) is 0 Å². The smallest absolute Gasteiger partial charge is 0.337 e. The number of nitrogen functional groups attached to an aromatic ring is 1. The highest BCUT2D eigenvalue weighted by Crippen LogP contribution is 2.12. The zero-order valence-electron chi connectivity index (χ0n) is 9.08. The van der Waals surface area contributed by atoms with E-state index in [2.05, 4.69) is 20.1 Å². The molecule has 0 unspecified atom stereocenters. The van der Waals surface area contributed by atoms with Crippen LogP contribution in [0.3, 0.4) is 0 Å². The van der Waals surface area contributed by atoms with E-state index in [1.807, 2.05) is 13.8 Å². The van der Waals surface area contributed by atoms with Crippen LogP contribution in [0.2, 0.25) is 0 Å². The second kappa shape index (κ2) is 4.13. The fourth-order valence-electron chi connectivity index (χ4n) is 1.22. The molecule has 84 valence electrons. The molecule has 0 aliphatic heterocycles. The zero-order chi connectivity index (χ0) is 11.5. The molecule has 0 saturated carbocycles. The molecule has 2 N–H and O–H groups in total. The third-order valence-corrected chi connectivity index (χ3v) is 1.89. The van der Waals surface area contributed by atoms with Gasteiger partial charge in [-0.3, -0.25) is 0 Å². The number of ether oxygens (including phenoxy) is 1. The maximum atomic E-state index is 5.70. The van der Waals surface area contributed by atoms with Gasteiger partial charge in [0.15, 0.2) is 5.82 Å². The van der Waals surface area contributed by atoms with Crippen molar-refractivity contribution < 1.29 is 4.74 Å². The molecule has 2 heterocycles. The highest BCUT2D eigenvalue weighted by atomic mass is 16.5. The number of hydrogen-bond donors (Lipinski definition) is 1. The van der Waals surface area contributed by atoms with Gasteiger partial charge in [0.25, 0.3) is 0 Å². The Hall–Kier alpha value is -2.18. The van der Waals surface area contributed by atoms with Crippen molar-refractivity contribution >= 4 is 5.95 Å². The molecule has 0 amide bonds. The van der Waals surface area contributed by atoms with Gasteiger partial charge < -0.3 is 10.5 Å². The lowest BCUT2D eigenvalue weighted by Gasteiger charge is -2.00. The van der Waals surface area contributed by atoms with Gasteiger partial charge in [0.2, 0.25) is 5.95 Å². The molecular formula is C9H12N6O. The second-order valence-electron chi connectivity index (χ2n) is 3.11. The summed E-state index contributed by atoms with van der Waals surface area (Å²) in [6.07, 6.45) is 1.45. The average Bonchev–Trinajstić information content (AvgIpc) is 2.60. The third-order valence-electron chi connectivity index (χ3n) is 1.89. The van der Waals surface area contributed by atoms with Gasteiger partial charge in [-0.25, -0.2) is 9.97 Å². The topological polar surface area (TPSA) is 91.7 Å². The van der Waals surface area contributed by atoms with E-state index in [0.29, 0.717) is 12.4 Å². The minimum atomic E-state index is 0.238. The monoisotopic (exact) mass is 220 g/mol. The summed E-state index contributed by atoms with van der Waals surface area (Å²) in [6.45, 7) is 4.21. The van der Waals surface area contributed by atoms with Crippen molar-refractivity contribution in [1.29, 1.82) is 0 Å². The molecule has 0 fully saturated rings. The van der Waals surface area contributed by atoms with E-state index in [1.165, 1.54) is 11.0 Å². The highest BCUT2D eigenvalue weighted by molar-refractivity contribution is 5.32. The van der Waals surface area contributed by atoms with Crippen molar-refractivity contribution in [1.82, 2.24) is 24.7 Å². The molecule has 7 heteroatoms. The fraction of sp³-hybridized carbons (Fsp3) is 0.333. The number of nitrogens with two attached hydrogens (primary N) is 1. The molecule has 0 bridgehead atoms. The predicted molar refractivity (Wildman–Crippen MR) is 57.3 cm³/mol. The van der Waals surface area contributed by atoms with Crippen molar-refractivity contribution in [3.8, 4) is 11.8 Å². The van der Waals surface area contributed by atoms with Crippen LogP contribution in [-0.4, -0.2) is 31.3 Å². The first-order chi connectivity index (χ1) is 7.70. The highest BCUT2D eigenvalue weighted by Gasteiger charge is 2.10. The first-order valence-corrected chi connectivity index (χ1v) is 4.85. The molecule has 2 rings (SSSR count). The van der Waals surface area contributed by atoms with E-state index in [9.17, 15) is 0 Å². The van der Waals surface area contributed by atoms with Gasteiger partial charge in [0.05, 0.1) is 6.61 Å². The summed E-state index contributed by atoms with van der Waals surface area (Å²) < 4.78 is 6.57. The largest absolute Gasteiger partial charge is 0.463 e. The summed E-state index contributed by atoms with van der Waals surface area (Å²) in [5.74, 6) is 0.810. The molecule has 0 radical (unpaired) electrons. The van der Waals surface area contributed by atoms with Gasteiger partial charge >= 0.3 is 6.01 Å². The van der Waals surface area contributed by atoms with Crippen LogP contribution in [0.4, 0.5) is 5.95 Å². The van der Waals surface area contributed by atoms with E-state index in [0.717, 1.165) is 5.69 Å². The standard InChI is InChI=1S/C9H12N6O/c1-3-16-9-13-8(10)15(14-9)7-4-6(2)11-5-12-7/h4-5H,3H2,1-2H3,(H2,10,13,14). The van der Waals surface area contributed by atoms with Crippen molar-refractivity contribution in [2.24, 2.45) is 0 Å². The Labute approximate surface area is 92.3 Å². The van der Waals surface area contributed by atoms with Gasteiger partial charge in [-0.1, -0.05) is 0 Å². The maximum absolute atomic E-state index is 5.70. The average molecular weight is 220 g/mol. The van der Waals surface area contributed by atoms with E-state index in [1.54, 1.807) is 6.07 Å². The Bertz CT molecular complexity index is 494. The van der Waals surface area contributed by atoms with Crippen LogP contribution in [0.1, 0.15) is 12.6 Å². The van der Waals surface area contributed by atoms with Crippen LogP contribution >= 0.6 is 0 Å². The number of rotatable bonds is 3. The summed E-state index contributed by atoms with van der Waals surface area (Å²) in [6, 6.07) is 2.01. The van der Waals surface area contributed by atoms with Crippen molar-refractivity contribution in [2.45, 2.75) is 13.8 Å².